The van der Waals surface area contributed by atoms with Gasteiger partial charge in [-0.3, -0.25) is 4.79 Å². The van der Waals surface area contributed by atoms with Gasteiger partial charge in [0.15, 0.2) is 0 Å². The first kappa shape index (κ1) is 18.8. The molecule has 0 atom stereocenters. The summed E-state index contributed by atoms with van der Waals surface area (Å²) in [5, 5.41) is 16.7. The minimum absolute atomic E-state index is 0.245. The number of anilines is 1. The Balaban J connectivity index is 2.23. The van der Waals surface area contributed by atoms with E-state index in [2.05, 4.69) is 15.7 Å². The molecule has 130 valence electrons. The molecule has 25 heavy (non-hydrogen) atoms. The molecule has 0 aliphatic rings. The van der Waals surface area contributed by atoms with Crippen molar-refractivity contribution < 1.29 is 10.0 Å². The van der Waals surface area contributed by atoms with E-state index in [1.165, 1.54) is 0 Å². The number of carbonyl (C=O) groups excluding carboxylic acids is 1. The first-order chi connectivity index (χ1) is 11.9. The Kier molecular flexibility index (Phi) is 6.38. The summed E-state index contributed by atoms with van der Waals surface area (Å²) in [6, 6.07) is 11.7. The van der Waals surface area contributed by atoms with Crippen LogP contribution in [0.1, 0.15) is 15.9 Å². The van der Waals surface area contributed by atoms with E-state index in [1.807, 2.05) is 19.0 Å². The smallest absolute Gasteiger partial charge is 0.271 e. The van der Waals surface area contributed by atoms with Gasteiger partial charge in [-0.1, -0.05) is 40.5 Å². The van der Waals surface area contributed by atoms with Gasteiger partial charge in [-0.05, 0) is 30.3 Å². The lowest BCUT2D eigenvalue weighted by molar-refractivity contribution is 0.0955. The zero-order valence-electron chi connectivity index (χ0n) is 13.6. The first-order valence-electron chi connectivity index (χ1n) is 7.20. The molecular weight excluding hydrogens is 363 g/mol. The lowest BCUT2D eigenvalue weighted by atomic mass is 10.1. The molecule has 0 aliphatic carbocycles. The molecule has 0 heterocycles. The highest BCUT2D eigenvalue weighted by atomic mass is 35.5. The highest BCUT2D eigenvalue weighted by molar-refractivity contribution is 6.39. The van der Waals surface area contributed by atoms with Crippen LogP contribution in [0.2, 0.25) is 10.0 Å². The van der Waals surface area contributed by atoms with Gasteiger partial charge in [0.2, 0.25) is 0 Å². The van der Waals surface area contributed by atoms with E-state index in [0.29, 0.717) is 21.2 Å². The number of nitrogens with one attached hydrogen (secondary N) is 1. The van der Waals surface area contributed by atoms with Gasteiger partial charge in [0.1, 0.15) is 5.71 Å². The third-order valence-corrected chi connectivity index (χ3v) is 3.81. The maximum Gasteiger partial charge on any atom is 0.271 e. The summed E-state index contributed by atoms with van der Waals surface area (Å²) in [5.41, 5.74) is 4.40. The van der Waals surface area contributed by atoms with Gasteiger partial charge >= 0.3 is 0 Å². The zero-order valence-corrected chi connectivity index (χ0v) is 15.1. The summed E-state index contributed by atoms with van der Waals surface area (Å²) in [5.74, 6) is -0.446. The fourth-order valence-corrected chi connectivity index (χ4v) is 2.60. The summed E-state index contributed by atoms with van der Waals surface area (Å²) in [6.07, 6.45) is 1.11. The van der Waals surface area contributed by atoms with Gasteiger partial charge in [-0.15, -0.1) is 0 Å². The third kappa shape index (κ3) is 4.95. The molecule has 0 fully saturated rings. The Hall–Kier alpha value is -2.57. The normalized spacial score (nSPS) is 11.6. The summed E-state index contributed by atoms with van der Waals surface area (Å²) in [7, 11) is 3.72. The van der Waals surface area contributed by atoms with Crippen LogP contribution in [0.4, 0.5) is 5.69 Å². The van der Waals surface area contributed by atoms with Crippen LogP contribution in [0.15, 0.2) is 52.7 Å². The van der Waals surface area contributed by atoms with Crippen molar-refractivity contribution in [3.8, 4) is 0 Å². The second kappa shape index (κ2) is 8.50. The van der Waals surface area contributed by atoms with Crippen LogP contribution < -0.4 is 10.3 Å². The largest absolute Gasteiger partial charge is 0.411 e. The zero-order chi connectivity index (χ0) is 18.4. The number of amides is 1. The summed E-state index contributed by atoms with van der Waals surface area (Å²) in [4.78, 5) is 14.1. The van der Waals surface area contributed by atoms with Gasteiger partial charge in [0.25, 0.3) is 5.91 Å². The Bertz CT molecular complexity index is 835. The van der Waals surface area contributed by atoms with Gasteiger partial charge in [0.05, 0.1) is 16.9 Å². The molecule has 2 N–H and O–H groups in total. The highest BCUT2D eigenvalue weighted by Crippen LogP contribution is 2.25. The number of benzene rings is 2. The Morgan fingerprint density at radius 2 is 1.92 bits per heavy atom. The molecule has 0 bridgehead atoms. The number of rotatable bonds is 5. The fraction of sp³-hybridized carbons (Fsp3) is 0.118. The molecule has 0 saturated heterocycles. The maximum atomic E-state index is 12.3. The van der Waals surface area contributed by atoms with Gasteiger partial charge in [-0.2, -0.15) is 5.10 Å². The predicted octanol–water partition coefficient (Wildman–Crippen LogP) is 3.65. The average molecular weight is 379 g/mol. The van der Waals surface area contributed by atoms with E-state index >= 15 is 0 Å². The SMILES string of the molecule is CN(C)c1ccc(C(=O)NN=C(C=NO)c2cccc(Cl)c2)cc1Cl. The standard InChI is InChI=1S/C17H16Cl2N4O2/c1-23(2)16-7-6-12(9-14(16)19)17(24)22-21-15(10-20-25)11-4-3-5-13(18)8-11/h3-10,25H,1-2H3,(H,22,24). The molecule has 8 heteroatoms. The maximum absolute atomic E-state index is 12.3. The van der Waals surface area contributed by atoms with Gasteiger partial charge < -0.3 is 10.1 Å². The highest BCUT2D eigenvalue weighted by Gasteiger charge is 2.10. The lowest BCUT2D eigenvalue weighted by Gasteiger charge is -2.14. The van der Waals surface area contributed by atoms with Crippen LogP contribution in [-0.2, 0) is 0 Å². The second-order valence-corrected chi connectivity index (χ2v) is 6.10. The lowest BCUT2D eigenvalue weighted by Crippen LogP contribution is -2.21. The molecule has 1 amide bonds. The summed E-state index contributed by atoms with van der Waals surface area (Å²) < 4.78 is 0. The number of nitrogens with zero attached hydrogens (tertiary/aromatic N) is 3. The molecular formula is C17H16Cl2N4O2. The molecule has 6 nitrogen and oxygen atoms in total. The van der Waals surface area contributed by atoms with Crippen molar-refractivity contribution in [2.75, 3.05) is 19.0 Å². The summed E-state index contributed by atoms with van der Waals surface area (Å²) in [6.45, 7) is 0. The van der Waals surface area contributed by atoms with Crippen molar-refractivity contribution in [1.29, 1.82) is 0 Å². The molecule has 2 aromatic rings. The van der Waals surface area contributed by atoms with E-state index in [-0.39, 0.29) is 5.71 Å². The van der Waals surface area contributed by atoms with Crippen LogP contribution >= 0.6 is 23.2 Å². The Labute approximate surface area is 155 Å². The average Bonchev–Trinajstić information content (AvgIpc) is 2.57. The van der Waals surface area contributed by atoms with Crippen molar-refractivity contribution in [2.24, 2.45) is 10.3 Å². The molecule has 2 aromatic carbocycles. The van der Waals surface area contributed by atoms with Crippen molar-refractivity contribution >= 4 is 46.7 Å². The van der Waals surface area contributed by atoms with E-state index in [4.69, 9.17) is 28.4 Å². The number of hydrazone groups is 1. The number of hydrogen-bond donors (Lipinski definition) is 2. The molecule has 0 aromatic heterocycles. The second-order valence-electron chi connectivity index (χ2n) is 5.25. The fourth-order valence-electron chi connectivity index (χ4n) is 2.06. The monoisotopic (exact) mass is 378 g/mol. The van der Waals surface area contributed by atoms with Crippen LogP contribution in [0.25, 0.3) is 0 Å². The van der Waals surface area contributed by atoms with E-state index in [1.54, 1.807) is 42.5 Å². The number of carbonyl (C=O) groups is 1. The Morgan fingerprint density at radius 3 is 2.52 bits per heavy atom. The predicted molar refractivity (Wildman–Crippen MR) is 102 cm³/mol. The first-order valence-corrected chi connectivity index (χ1v) is 7.96. The van der Waals surface area contributed by atoms with Gasteiger partial charge in [-0.25, -0.2) is 5.43 Å². The molecule has 0 spiro atoms. The molecule has 0 radical (unpaired) electrons. The minimum Gasteiger partial charge on any atom is -0.411 e. The van der Waals surface area contributed by atoms with Crippen molar-refractivity contribution in [3.05, 3.63) is 63.6 Å². The molecule has 0 aliphatic heterocycles. The number of halogens is 2. The molecule has 0 saturated carbocycles. The van der Waals surface area contributed by atoms with Crippen LogP contribution in [0.5, 0.6) is 0 Å². The van der Waals surface area contributed by atoms with Crippen molar-refractivity contribution in [1.82, 2.24) is 5.43 Å². The van der Waals surface area contributed by atoms with Crippen LogP contribution in [0, 0.1) is 0 Å². The quantitative estimate of drug-likeness (QED) is 0.473. The topological polar surface area (TPSA) is 77.3 Å². The van der Waals surface area contributed by atoms with E-state index in [0.717, 1.165) is 11.9 Å². The summed E-state index contributed by atoms with van der Waals surface area (Å²) >= 11 is 12.1. The third-order valence-electron chi connectivity index (χ3n) is 3.27. The van der Waals surface area contributed by atoms with Crippen LogP contribution in [-0.4, -0.2) is 37.1 Å². The van der Waals surface area contributed by atoms with Crippen molar-refractivity contribution in [2.45, 2.75) is 0 Å². The Morgan fingerprint density at radius 1 is 1.16 bits per heavy atom. The van der Waals surface area contributed by atoms with Crippen molar-refractivity contribution in [3.63, 3.8) is 0 Å². The molecule has 2 rings (SSSR count). The van der Waals surface area contributed by atoms with Gasteiger partial charge in [0, 0.05) is 30.2 Å². The number of hydrogen-bond acceptors (Lipinski definition) is 5. The number of oxime groups is 1. The van der Waals surface area contributed by atoms with Crippen LogP contribution in [0.3, 0.4) is 0 Å². The van der Waals surface area contributed by atoms with E-state index in [9.17, 15) is 4.79 Å². The minimum atomic E-state index is -0.446. The molecule has 0 unspecified atom stereocenters. The van der Waals surface area contributed by atoms with E-state index < -0.39 is 5.91 Å².